The van der Waals surface area contributed by atoms with Crippen molar-refractivity contribution in [3.05, 3.63) is 54.6 Å². The summed E-state index contributed by atoms with van der Waals surface area (Å²) in [5.74, 6) is 1.63. The van der Waals surface area contributed by atoms with Gasteiger partial charge < -0.3 is 8.83 Å². The van der Waals surface area contributed by atoms with Crippen LogP contribution in [0.15, 0.2) is 62.5 Å². The highest BCUT2D eigenvalue weighted by atomic mass is 32.2. The highest BCUT2D eigenvalue weighted by molar-refractivity contribution is 7.85. The fraction of sp³-hybridized carbons (Fsp3) is 0.158. The molecule has 4 rings (SSSR count). The quantitative estimate of drug-likeness (QED) is 0.537. The van der Waals surface area contributed by atoms with Crippen molar-refractivity contribution in [1.29, 1.82) is 0 Å². The monoisotopic (exact) mass is 352 g/mol. The number of aromatic nitrogens is 2. The minimum atomic E-state index is -0.950. The third-order valence-electron chi connectivity index (χ3n) is 4.04. The molecule has 2 aromatic carbocycles. The molecule has 0 aliphatic rings. The first-order chi connectivity index (χ1) is 12.2. The van der Waals surface area contributed by atoms with Gasteiger partial charge in [-0.15, -0.1) is 10.2 Å². The number of rotatable bonds is 4. The molecular formula is C19H16N2O3S. The van der Waals surface area contributed by atoms with E-state index in [9.17, 15) is 4.21 Å². The molecule has 5 nitrogen and oxygen atoms in total. The largest absolute Gasteiger partial charge is 0.464 e. The Morgan fingerprint density at radius 2 is 1.80 bits per heavy atom. The minimum Gasteiger partial charge on any atom is -0.464 e. The number of hydrogen-bond acceptors (Lipinski definition) is 5. The van der Waals surface area contributed by atoms with Gasteiger partial charge in [0.05, 0.1) is 17.1 Å². The van der Waals surface area contributed by atoms with Crippen molar-refractivity contribution in [2.45, 2.75) is 18.7 Å². The van der Waals surface area contributed by atoms with Gasteiger partial charge in [0, 0.05) is 34.1 Å². The van der Waals surface area contributed by atoms with Crippen LogP contribution in [0.4, 0.5) is 0 Å². The molecule has 2 aromatic heterocycles. The van der Waals surface area contributed by atoms with E-state index in [4.69, 9.17) is 8.83 Å². The number of fused-ring (bicyclic) bond motifs is 1. The molecule has 0 amide bonds. The number of hydrogen-bond donors (Lipinski definition) is 0. The lowest BCUT2D eigenvalue weighted by Crippen LogP contribution is -1.93. The predicted molar refractivity (Wildman–Crippen MR) is 96.6 cm³/mol. The van der Waals surface area contributed by atoms with E-state index in [1.807, 2.05) is 49.4 Å². The van der Waals surface area contributed by atoms with Gasteiger partial charge in [0.1, 0.15) is 5.58 Å². The van der Waals surface area contributed by atoms with Gasteiger partial charge in [0.15, 0.2) is 0 Å². The van der Waals surface area contributed by atoms with Crippen molar-refractivity contribution < 1.29 is 13.0 Å². The van der Waals surface area contributed by atoms with E-state index in [1.54, 1.807) is 13.2 Å². The fourth-order valence-electron chi connectivity index (χ4n) is 2.75. The van der Waals surface area contributed by atoms with Crippen molar-refractivity contribution >= 4 is 21.8 Å². The molecule has 0 radical (unpaired) electrons. The van der Waals surface area contributed by atoms with Gasteiger partial charge in [-0.2, -0.15) is 0 Å². The number of furan rings is 1. The Morgan fingerprint density at radius 1 is 1.04 bits per heavy atom. The lowest BCUT2D eigenvalue weighted by molar-refractivity contribution is 0.533. The molecule has 4 aromatic rings. The Morgan fingerprint density at radius 3 is 2.48 bits per heavy atom. The second kappa shape index (κ2) is 6.29. The first kappa shape index (κ1) is 15.8. The molecule has 0 saturated heterocycles. The standard InChI is InChI=1S/C19H16N2O3S/c1-3-25(22)15-7-4-13(5-8-15)17-11-23-18-9-6-14(10-16(17)18)19-21-20-12(2)24-19/h4-11H,3H2,1-2H3/t25-/m0/s1. The van der Waals surface area contributed by atoms with Gasteiger partial charge in [-0.25, -0.2) is 0 Å². The zero-order valence-electron chi connectivity index (χ0n) is 13.9. The molecule has 0 N–H and O–H groups in total. The smallest absolute Gasteiger partial charge is 0.247 e. The van der Waals surface area contributed by atoms with Crippen LogP contribution in [-0.4, -0.2) is 20.2 Å². The summed E-state index contributed by atoms with van der Waals surface area (Å²) in [5.41, 5.74) is 3.62. The fourth-order valence-corrected chi connectivity index (χ4v) is 3.52. The highest BCUT2D eigenvalue weighted by Crippen LogP contribution is 2.33. The van der Waals surface area contributed by atoms with Gasteiger partial charge in [-0.1, -0.05) is 19.1 Å². The Kier molecular flexibility index (Phi) is 3.97. The first-order valence-corrected chi connectivity index (χ1v) is 9.28. The Hall–Kier alpha value is -2.73. The summed E-state index contributed by atoms with van der Waals surface area (Å²) in [5, 5.41) is 8.92. The molecule has 0 aliphatic carbocycles. The molecule has 0 aliphatic heterocycles. The van der Waals surface area contributed by atoms with Crippen LogP contribution >= 0.6 is 0 Å². The topological polar surface area (TPSA) is 69.1 Å². The van der Waals surface area contributed by atoms with E-state index in [2.05, 4.69) is 10.2 Å². The first-order valence-electron chi connectivity index (χ1n) is 7.96. The van der Waals surface area contributed by atoms with Crippen LogP contribution in [0.25, 0.3) is 33.6 Å². The van der Waals surface area contributed by atoms with Gasteiger partial charge in [-0.3, -0.25) is 4.21 Å². The van der Waals surface area contributed by atoms with E-state index in [0.29, 0.717) is 17.5 Å². The zero-order valence-corrected chi connectivity index (χ0v) is 14.7. The maximum atomic E-state index is 11.9. The summed E-state index contributed by atoms with van der Waals surface area (Å²) in [4.78, 5) is 0.834. The predicted octanol–water partition coefficient (Wildman–Crippen LogP) is 4.59. The van der Waals surface area contributed by atoms with Crippen molar-refractivity contribution in [2.24, 2.45) is 0 Å². The average molecular weight is 352 g/mol. The summed E-state index contributed by atoms with van der Waals surface area (Å²) in [6, 6.07) is 13.5. The van der Waals surface area contributed by atoms with Crippen LogP contribution in [-0.2, 0) is 10.8 Å². The second-order valence-electron chi connectivity index (χ2n) is 5.65. The van der Waals surface area contributed by atoms with E-state index in [-0.39, 0.29) is 0 Å². The van der Waals surface area contributed by atoms with Crippen LogP contribution in [0, 0.1) is 6.92 Å². The molecule has 6 heteroatoms. The summed E-state index contributed by atoms with van der Waals surface area (Å²) < 4.78 is 23.1. The minimum absolute atomic E-state index is 0.486. The van der Waals surface area contributed by atoms with Crippen molar-refractivity contribution in [3.8, 4) is 22.6 Å². The number of benzene rings is 2. The van der Waals surface area contributed by atoms with Crippen molar-refractivity contribution in [3.63, 3.8) is 0 Å². The normalized spacial score (nSPS) is 12.6. The number of aryl methyl sites for hydroxylation is 1. The number of nitrogens with zero attached hydrogens (tertiary/aromatic N) is 2. The van der Waals surface area contributed by atoms with E-state index in [1.165, 1.54) is 0 Å². The molecule has 0 unspecified atom stereocenters. The van der Waals surface area contributed by atoms with Gasteiger partial charge in [0.25, 0.3) is 0 Å². The molecular weight excluding hydrogens is 336 g/mol. The maximum Gasteiger partial charge on any atom is 0.247 e. The van der Waals surface area contributed by atoms with Crippen LogP contribution < -0.4 is 0 Å². The van der Waals surface area contributed by atoms with E-state index >= 15 is 0 Å². The Bertz CT molecular complexity index is 1060. The SMILES string of the molecule is CC[S@](=O)c1ccc(-c2coc3ccc(-c4nnc(C)o4)cc23)cc1. The van der Waals surface area contributed by atoms with E-state index in [0.717, 1.165) is 32.6 Å². The van der Waals surface area contributed by atoms with Gasteiger partial charge in [-0.05, 0) is 35.9 Å². The molecule has 0 fully saturated rings. The van der Waals surface area contributed by atoms with Crippen molar-refractivity contribution in [2.75, 3.05) is 5.75 Å². The van der Waals surface area contributed by atoms with Crippen LogP contribution in [0.1, 0.15) is 12.8 Å². The Labute approximate surface area is 147 Å². The summed E-state index contributed by atoms with van der Waals surface area (Å²) in [7, 11) is -0.950. The maximum absolute atomic E-state index is 11.9. The average Bonchev–Trinajstić information content (AvgIpc) is 3.27. The van der Waals surface area contributed by atoms with Crippen LogP contribution in [0.3, 0.4) is 0 Å². The van der Waals surface area contributed by atoms with Gasteiger partial charge in [0.2, 0.25) is 11.8 Å². The van der Waals surface area contributed by atoms with E-state index < -0.39 is 10.8 Å². The Balaban J connectivity index is 1.78. The second-order valence-corrected chi connectivity index (χ2v) is 7.38. The highest BCUT2D eigenvalue weighted by Gasteiger charge is 2.13. The molecule has 0 spiro atoms. The van der Waals surface area contributed by atoms with Crippen LogP contribution in [0.2, 0.25) is 0 Å². The summed E-state index contributed by atoms with van der Waals surface area (Å²) >= 11 is 0. The van der Waals surface area contributed by atoms with Gasteiger partial charge >= 0.3 is 0 Å². The molecule has 2 heterocycles. The zero-order chi connectivity index (χ0) is 17.4. The molecule has 25 heavy (non-hydrogen) atoms. The lowest BCUT2D eigenvalue weighted by atomic mass is 10.0. The summed E-state index contributed by atoms with van der Waals surface area (Å²) in [6.07, 6.45) is 1.74. The summed E-state index contributed by atoms with van der Waals surface area (Å²) in [6.45, 7) is 3.68. The van der Waals surface area contributed by atoms with Crippen molar-refractivity contribution in [1.82, 2.24) is 10.2 Å². The third kappa shape index (κ3) is 2.89. The molecule has 0 bridgehead atoms. The lowest BCUT2D eigenvalue weighted by Gasteiger charge is -2.03. The third-order valence-corrected chi connectivity index (χ3v) is 5.36. The molecule has 0 saturated carbocycles. The van der Waals surface area contributed by atoms with Crippen LogP contribution in [0.5, 0.6) is 0 Å². The molecule has 1 atom stereocenters. The molecule has 126 valence electrons.